The van der Waals surface area contributed by atoms with Gasteiger partial charge in [0.1, 0.15) is 0 Å². The molecular formula is C20H18F6N2O3S. The number of hydrogen-bond donors (Lipinski definition) is 1. The molecule has 32 heavy (non-hydrogen) atoms. The minimum absolute atomic E-state index is 0.138. The fourth-order valence-electron chi connectivity index (χ4n) is 3.38. The molecule has 174 valence electrons. The molecule has 1 heterocycles. The molecular weight excluding hydrogens is 462 g/mol. The van der Waals surface area contributed by atoms with Gasteiger partial charge < -0.3 is 4.90 Å². The topological polar surface area (TPSA) is 66.5 Å². The molecule has 0 fully saturated rings. The van der Waals surface area contributed by atoms with Crippen LogP contribution in [0.5, 0.6) is 0 Å². The summed E-state index contributed by atoms with van der Waals surface area (Å²) < 4.78 is 104. The predicted molar refractivity (Wildman–Crippen MR) is 102 cm³/mol. The number of hydrogen-bond acceptors (Lipinski definition) is 3. The third kappa shape index (κ3) is 5.23. The number of nitrogens with one attached hydrogen (secondary N) is 1. The average Bonchev–Trinajstić information content (AvgIpc) is 2.70. The van der Waals surface area contributed by atoms with Crippen LogP contribution in [0, 0.1) is 0 Å². The first kappa shape index (κ1) is 24.1. The number of sulfonamides is 1. The van der Waals surface area contributed by atoms with Crippen LogP contribution >= 0.6 is 0 Å². The molecule has 0 aromatic heterocycles. The molecule has 0 bridgehead atoms. The third-order valence-corrected chi connectivity index (χ3v) is 6.64. The lowest BCUT2D eigenvalue weighted by Gasteiger charge is -2.29. The normalized spacial score (nSPS) is 15.9. The maximum atomic E-state index is 12.8. The average molecular weight is 480 g/mol. The molecule has 1 unspecified atom stereocenters. The lowest BCUT2D eigenvalue weighted by Crippen LogP contribution is -2.43. The number of fused-ring (bicyclic) bond motifs is 1. The Balaban J connectivity index is 1.79. The fourth-order valence-corrected chi connectivity index (χ4v) is 4.67. The number of amides is 1. The van der Waals surface area contributed by atoms with Gasteiger partial charge in [0.25, 0.3) is 0 Å². The second-order valence-corrected chi connectivity index (χ2v) is 9.08. The first-order valence-electron chi connectivity index (χ1n) is 9.36. The van der Waals surface area contributed by atoms with Crippen LogP contribution in [0.4, 0.5) is 26.3 Å². The summed E-state index contributed by atoms with van der Waals surface area (Å²) in [5, 5.41) is 0. The highest BCUT2D eigenvalue weighted by Gasteiger charge is 2.43. The van der Waals surface area contributed by atoms with Crippen molar-refractivity contribution in [1.29, 1.82) is 0 Å². The van der Waals surface area contributed by atoms with Gasteiger partial charge in [0.15, 0.2) is 0 Å². The zero-order chi connectivity index (χ0) is 23.9. The lowest BCUT2D eigenvalue weighted by atomic mass is 10.00. The number of alkyl halides is 6. The van der Waals surface area contributed by atoms with Gasteiger partial charge in [-0.2, -0.15) is 26.3 Å². The molecule has 2 aromatic rings. The van der Waals surface area contributed by atoms with Crippen molar-refractivity contribution in [2.24, 2.45) is 0 Å². The first-order valence-corrected chi connectivity index (χ1v) is 10.8. The van der Waals surface area contributed by atoms with E-state index in [0.29, 0.717) is 16.0 Å². The Bertz CT molecular complexity index is 1110. The van der Waals surface area contributed by atoms with Crippen LogP contribution in [0.1, 0.15) is 35.2 Å². The van der Waals surface area contributed by atoms with Gasteiger partial charge in [-0.05, 0) is 54.3 Å². The van der Waals surface area contributed by atoms with E-state index in [1.807, 2.05) is 0 Å². The lowest BCUT2D eigenvalue weighted by molar-refractivity contribution is -0.186. The largest absolute Gasteiger partial charge is 0.471 e. The highest BCUT2D eigenvalue weighted by atomic mass is 32.2. The molecule has 1 atom stereocenters. The smallest absolute Gasteiger partial charge is 0.330 e. The first-order chi connectivity index (χ1) is 14.7. The molecule has 2 aromatic carbocycles. The van der Waals surface area contributed by atoms with E-state index >= 15 is 0 Å². The molecule has 12 heteroatoms. The predicted octanol–water partition coefficient (Wildman–Crippen LogP) is 4.19. The molecule has 0 aliphatic carbocycles. The summed E-state index contributed by atoms with van der Waals surface area (Å²) in [5.41, 5.74) is 0.329. The van der Waals surface area contributed by atoms with Gasteiger partial charge in [0, 0.05) is 19.1 Å². The SMILES string of the molecule is CC(NS(=O)(=O)c1ccc2c(c1)CN(C(=O)C(F)(F)F)CC2)c1ccc(C(F)(F)F)cc1. The molecule has 0 saturated carbocycles. The van der Waals surface area contributed by atoms with E-state index in [-0.39, 0.29) is 30.0 Å². The number of halogens is 6. The van der Waals surface area contributed by atoms with Gasteiger partial charge in [-0.1, -0.05) is 18.2 Å². The summed E-state index contributed by atoms with van der Waals surface area (Å²) in [5.74, 6) is -1.99. The van der Waals surface area contributed by atoms with Crippen LogP contribution in [0.15, 0.2) is 47.4 Å². The second kappa shape index (κ2) is 8.39. The number of nitrogens with zero attached hydrogens (tertiary/aromatic N) is 1. The zero-order valence-corrected chi connectivity index (χ0v) is 17.4. The van der Waals surface area contributed by atoms with Crippen molar-refractivity contribution in [3.63, 3.8) is 0 Å². The van der Waals surface area contributed by atoms with E-state index in [1.54, 1.807) is 0 Å². The highest BCUT2D eigenvalue weighted by molar-refractivity contribution is 7.89. The minimum atomic E-state index is -5.03. The van der Waals surface area contributed by atoms with E-state index in [1.165, 1.54) is 25.1 Å². The van der Waals surface area contributed by atoms with Crippen molar-refractivity contribution < 1.29 is 39.6 Å². The molecule has 0 saturated heterocycles. The summed E-state index contributed by atoms with van der Waals surface area (Å²) in [6.07, 6.45) is -9.40. The fraction of sp³-hybridized carbons (Fsp3) is 0.350. The van der Waals surface area contributed by atoms with E-state index < -0.39 is 39.9 Å². The van der Waals surface area contributed by atoms with Crippen molar-refractivity contribution in [2.45, 2.75) is 43.2 Å². The molecule has 1 amide bonds. The van der Waals surface area contributed by atoms with E-state index in [9.17, 15) is 39.6 Å². The van der Waals surface area contributed by atoms with Crippen molar-refractivity contribution in [1.82, 2.24) is 9.62 Å². The van der Waals surface area contributed by atoms with Gasteiger partial charge in [0.05, 0.1) is 10.5 Å². The van der Waals surface area contributed by atoms with E-state index in [0.717, 1.165) is 24.3 Å². The molecule has 0 radical (unpaired) electrons. The van der Waals surface area contributed by atoms with Crippen molar-refractivity contribution in [3.05, 3.63) is 64.7 Å². The van der Waals surface area contributed by atoms with Gasteiger partial charge in [-0.3, -0.25) is 4.79 Å². The van der Waals surface area contributed by atoms with Gasteiger partial charge in [-0.15, -0.1) is 0 Å². The van der Waals surface area contributed by atoms with Crippen LogP contribution in [0.25, 0.3) is 0 Å². The molecule has 1 aliphatic rings. The number of rotatable bonds is 4. The van der Waals surface area contributed by atoms with Gasteiger partial charge >= 0.3 is 18.3 Å². The summed E-state index contributed by atoms with van der Waals surface area (Å²) >= 11 is 0. The van der Waals surface area contributed by atoms with E-state index in [2.05, 4.69) is 4.72 Å². The number of carbonyl (C=O) groups excluding carboxylic acids is 1. The maximum Gasteiger partial charge on any atom is 0.471 e. The highest BCUT2D eigenvalue weighted by Crippen LogP contribution is 2.31. The Morgan fingerprint density at radius 2 is 1.62 bits per heavy atom. The quantitative estimate of drug-likeness (QED) is 0.668. The second-order valence-electron chi connectivity index (χ2n) is 7.37. The number of benzene rings is 2. The Kier molecular flexibility index (Phi) is 6.31. The van der Waals surface area contributed by atoms with Crippen molar-refractivity contribution in [3.8, 4) is 0 Å². The molecule has 1 N–H and O–H groups in total. The van der Waals surface area contributed by atoms with Crippen LogP contribution in [0.3, 0.4) is 0 Å². The van der Waals surface area contributed by atoms with Crippen LogP contribution in [0.2, 0.25) is 0 Å². The van der Waals surface area contributed by atoms with Gasteiger partial charge in [-0.25, -0.2) is 13.1 Å². The third-order valence-electron chi connectivity index (χ3n) is 5.10. The summed E-state index contributed by atoms with van der Waals surface area (Å²) in [7, 11) is -4.14. The minimum Gasteiger partial charge on any atom is -0.330 e. The van der Waals surface area contributed by atoms with Crippen LogP contribution in [-0.2, 0) is 34.0 Å². The van der Waals surface area contributed by atoms with Crippen molar-refractivity contribution >= 4 is 15.9 Å². The van der Waals surface area contributed by atoms with Crippen LogP contribution < -0.4 is 4.72 Å². The maximum absolute atomic E-state index is 12.8. The van der Waals surface area contributed by atoms with Crippen molar-refractivity contribution in [2.75, 3.05) is 6.54 Å². The standard InChI is InChI=1S/C20H18F6N2O3S/c1-12(13-2-5-16(6-3-13)19(21,22)23)27-32(30,31)17-7-4-14-8-9-28(11-15(14)10-17)18(29)20(24,25)26/h2-7,10,12,27H,8-9,11H2,1H3. The van der Waals surface area contributed by atoms with Crippen LogP contribution in [-0.4, -0.2) is 31.9 Å². The Hall–Kier alpha value is -2.60. The van der Waals surface area contributed by atoms with Gasteiger partial charge in [0.2, 0.25) is 10.0 Å². The summed E-state index contributed by atoms with van der Waals surface area (Å²) in [6, 6.07) is 7.09. The number of carbonyl (C=O) groups is 1. The summed E-state index contributed by atoms with van der Waals surface area (Å²) in [4.78, 5) is 11.9. The molecule has 1 aliphatic heterocycles. The Morgan fingerprint density at radius 3 is 2.19 bits per heavy atom. The Labute approximate surface area is 180 Å². The molecule has 0 spiro atoms. The molecule has 5 nitrogen and oxygen atoms in total. The van der Waals surface area contributed by atoms with E-state index in [4.69, 9.17) is 0 Å². The monoisotopic (exact) mass is 480 g/mol. The molecule has 3 rings (SSSR count). The Morgan fingerprint density at radius 1 is 1.00 bits per heavy atom. The summed E-state index contributed by atoms with van der Waals surface area (Å²) in [6.45, 7) is 0.925. The zero-order valence-electron chi connectivity index (χ0n) is 16.6.